The lowest BCUT2D eigenvalue weighted by molar-refractivity contribution is -0.122. The molecule has 2 rings (SSSR count). The van der Waals surface area contributed by atoms with Gasteiger partial charge in [-0.2, -0.15) is 0 Å². The Kier molecular flexibility index (Phi) is 5.29. The van der Waals surface area contributed by atoms with Crippen molar-refractivity contribution in [2.75, 3.05) is 11.6 Å². The van der Waals surface area contributed by atoms with Gasteiger partial charge >= 0.3 is 0 Å². The average Bonchev–Trinajstić information content (AvgIpc) is 2.48. The highest BCUT2D eigenvalue weighted by Crippen LogP contribution is 2.21. The van der Waals surface area contributed by atoms with Crippen LogP contribution < -0.4 is 10.1 Å². The SMILES string of the molecule is Cc1cccc(O[C@H](C)C(=O)Nc2cc(S(C)(=O)=O)ccc2C)c1. The van der Waals surface area contributed by atoms with Crippen LogP contribution >= 0.6 is 0 Å². The molecule has 0 unspecified atom stereocenters. The van der Waals surface area contributed by atoms with Crippen molar-refractivity contribution in [3.63, 3.8) is 0 Å². The molecule has 2 aromatic carbocycles. The predicted molar refractivity (Wildman–Crippen MR) is 94.2 cm³/mol. The summed E-state index contributed by atoms with van der Waals surface area (Å²) in [6, 6.07) is 12.1. The van der Waals surface area contributed by atoms with Gasteiger partial charge in [-0.25, -0.2) is 8.42 Å². The second-order valence-corrected chi connectivity index (χ2v) is 7.83. The zero-order valence-electron chi connectivity index (χ0n) is 14.2. The monoisotopic (exact) mass is 347 g/mol. The number of benzene rings is 2. The van der Waals surface area contributed by atoms with Crippen LogP contribution in [0.4, 0.5) is 5.69 Å². The van der Waals surface area contributed by atoms with Crippen LogP contribution in [-0.2, 0) is 14.6 Å². The van der Waals surface area contributed by atoms with Gasteiger partial charge < -0.3 is 10.1 Å². The lowest BCUT2D eigenvalue weighted by atomic mass is 10.2. The van der Waals surface area contributed by atoms with E-state index in [4.69, 9.17) is 4.74 Å². The van der Waals surface area contributed by atoms with Gasteiger partial charge in [-0.3, -0.25) is 4.79 Å². The summed E-state index contributed by atoms with van der Waals surface area (Å²) in [7, 11) is -3.33. The predicted octanol–water partition coefficient (Wildman–Crippen LogP) is 3.11. The Bertz CT molecular complexity index is 859. The molecule has 0 fully saturated rings. The quantitative estimate of drug-likeness (QED) is 0.902. The van der Waals surface area contributed by atoms with Crippen molar-refractivity contribution in [2.24, 2.45) is 0 Å². The molecule has 0 radical (unpaired) electrons. The zero-order chi connectivity index (χ0) is 17.9. The van der Waals surface area contributed by atoms with Crippen molar-refractivity contribution in [3.8, 4) is 5.75 Å². The second kappa shape index (κ2) is 7.05. The second-order valence-electron chi connectivity index (χ2n) is 5.81. The number of carbonyl (C=O) groups excluding carboxylic acids is 1. The van der Waals surface area contributed by atoms with Crippen LogP contribution in [-0.4, -0.2) is 26.7 Å². The minimum atomic E-state index is -3.33. The van der Waals surface area contributed by atoms with E-state index in [2.05, 4.69) is 5.32 Å². The van der Waals surface area contributed by atoms with E-state index in [-0.39, 0.29) is 10.8 Å². The van der Waals surface area contributed by atoms with E-state index in [0.717, 1.165) is 17.4 Å². The van der Waals surface area contributed by atoms with Crippen LogP contribution in [0.1, 0.15) is 18.1 Å². The van der Waals surface area contributed by atoms with Gasteiger partial charge in [-0.15, -0.1) is 0 Å². The summed E-state index contributed by atoms with van der Waals surface area (Å²) in [5.74, 6) is 0.268. The maximum absolute atomic E-state index is 12.3. The molecule has 0 spiro atoms. The van der Waals surface area contributed by atoms with Crippen LogP contribution in [0.25, 0.3) is 0 Å². The molecule has 0 saturated carbocycles. The largest absolute Gasteiger partial charge is 0.481 e. The fourth-order valence-electron chi connectivity index (χ4n) is 2.15. The lowest BCUT2D eigenvalue weighted by Gasteiger charge is -2.16. The van der Waals surface area contributed by atoms with Crippen molar-refractivity contribution in [3.05, 3.63) is 53.6 Å². The van der Waals surface area contributed by atoms with Crippen molar-refractivity contribution in [1.29, 1.82) is 0 Å². The molecule has 0 aromatic heterocycles. The number of aryl methyl sites for hydroxylation is 2. The molecule has 1 amide bonds. The number of hydrogen-bond donors (Lipinski definition) is 1. The molecule has 6 heteroatoms. The maximum atomic E-state index is 12.3. The molecule has 0 aliphatic heterocycles. The number of amides is 1. The van der Waals surface area contributed by atoms with Gasteiger partial charge in [-0.1, -0.05) is 18.2 Å². The number of carbonyl (C=O) groups is 1. The summed E-state index contributed by atoms with van der Waals surface area (Å²) < 4.78 is 28.9. The molecule has 2 aromatic rings. The van der Waals surface area contributed by atoms with Crippen molar-refractivity contribution in [2.45, 2.75) is 31.8 Å². The van der Waals surface area contributed by atoms with Crippen LogP contribution in [0, 0.1) is 13.8 Å². The van der Waals surface area contributed by atoms with E-state index in [9.17, 15) is 13.2 Å². The van der Waals surface area contributed by atoms with Gasteiger partial charge in [0.05, 0.1) is 4.90 Å². The molecule has 1 atom stereocenters. The van der Waals surface area contributed by atoms with Crippen LogP contribution in [0.3, 0.4) is 0 Å². The third-order valence-corrected chi connectivity index (χ3v) is 4.68. The number of ether oxygens (including phenoxy) is 1. The van der Waals surface area contributed by atoms with Gasteiger partial charge in [0.2, 0.25) is 0 Å². The highest BCUT2D eigenvalue weighted by molar-refractivity contribution is 7.90. The van der Waals surface area contributed by atoms with Crippen LogP contribution in [0.15, 0.2) is 47.4 Å². The molecule has 24 heavy (non-hydrogen) atoms. The van der Waals surface area contributed by atoms with Crippen molar-refractivity contribution < 1.29 is 17.9 Å². The van der Waals surface area contributed by atoms with Gasteiger partial charge in [0.25, 0.3) is 5.91 Å². The van der Waals surface area contributed by atoms with E-state index in [1.807, 2.05) is 25.1 Å². The fraction of sp³-hybridized carbons (Fsp3) is 0.278. The Balaban J connectivity index is 2.14. The normalized spacial score (nSPS) is 12.5. The number of hydrogen-bond acceptors (Lipinski definition) is 4. The first-order chi connectivity index (χ1) is 11.2. The van der Waals surface area contributed by atoms with Crippen LogP contribution in [0.2, 0.25) is 0 Å². The molecular formula is C18H21NO4S. The molecule has 0 saturated heterocycles. The molecule has 0 heterocycles. The molecular weight excluding hydrogens is 326 g/mol. The standard InChI is InChI=1S/C18H21NO4S/c1-12-6-5-7-15(10-12)23-14(3)18(20)19-17-11-16(24(4,21)22)9-8-13(17)2/h5-11,14H,1-4H3,(H,19,20)/t14-/m1/s1. The molecule has 0 bridgehead atoms. The number of rotatable bonds is 5. The van der Waals surface area contributed by atoms with Gasteiger partial charge in [0, 0.05) is 11.9 Å². The van der Waals surface area contributed by atoms with Crippen molar-refractivity contribution >= 4 is 21.4 Å². The van der Waals surface area contributed by atoms with Gasteiger partial charge in [-0.05, 0) is 56.2 Å². The summed E-state index contributed by atoms with van der Waals surface area (Å²) in [4.78, 5) is 12.5. The Hall–Kier alpha value is -2.34. The Morgan fingerprint density at radius 2 is 1.83 bits per heavy atom. The average molecular weight is 347 g/mol. The molecule has 1 N–H and O–H groups in total. The Labute approximate surface area is 142 Å². The summed E-state index contributed by atoms with van der Waals surface area (Å²) in [5.41, 5.74) is 2.28. The van der Waals surface area contributed by atoms with E-state index >= 15 is 0 Å². The summed E-state index contributed by atoms with van der Waals surface area (Å²) in [5, 5.41) is 2.73. The fourth-order valence-corrected chi connectivity index (χ4v) is 2.79. The summed E-state index contributed by atoms with van der Waals surface area (Å²) in [6.07, 6.45) is 0.417. The number of sulfone groups is 1. The zero-order valence-corrected chi connectivity index (χ0v) is 15.0. The molecule has 0 aliphatic rings. The van der Waals surface area contributed by atoms with Crippen LogP contribution in [0.5, 0.6) is 5.75 Å². The third-order valence-electron chi connectivity index (χ3n) is 3.57. The number of nitrogens with one attached hydrogen (secondary N) is 1. The summed E-state index contributed by atoms with van der Waals surface area (Å²) >= 11 is 0. The smallest absolute Gasteiger partial charge is 0.265 e. The van der Waals surface area contributed by atoms with Gasteiger partial charge in [0.15, 0.2) is 15.9 Å². The number of anilines is 1. The topological polar surface area (TPSA) is 72.5 Å². The Morgan fingerprint density at radius 1 is 1.12 bits per heavy atom. The van der Waals surface area contributed by atoms with E-state index in [0.29, 0.717) is 11.4 Å². The maximum Gasteiger partial charge on any atom is 0.265 e. The minimum absolute atomic E-state index is 0.163. The lowest BCUT2D eigenvalue weighted by Crippen LogP contribution is -2.30. The van der Waals surface area contributed by atoms with Crippen molar-refractivity contribution in [1.82, 2.24) is 0 Å². The van der Waals surface area contributed by atoms with E-state index in [1.165, 1.54) is 12.1 Å². The third kappa shape index (κ3) is 4.58. The minimum Gasteiger partial charge on any atom is -0.481 e. The first kappa shape index (κ1) is 18.0. The highest BCUT2D eigenvalue weighted by Gasteiger charge is 2.17. The summed E-state index contributed by atoms with van der Waals surface area (Å²) in [6.45, 7) is 5.39. The van der Waals surface area contributed by atoms with E-state index < -0.39 is 15.9 Å². The molecule has 128 valence electrons. The highest BCUT2D eigenvalue weighted by atomic mass is 32.2. The molecule has 5 nitrogen and oxygen atoms in total. The van der Waals surface area contributed by atoms with E-state index in [1.54, 1.807) is 26.0 Å². The first-order valence-corrected chi connectivity index (χ1v) is 9.41. The first-order valence-electron chi connectivity index (χ1n) is 7.52. The van der Waals surface area contributed by atoms with Gasteiger partial charge in [0.1, 0.15) is 5.75 Å². The Morgan fingerprint density at radius 3 is 2.46 bits per heavy atom. The molecule has 0 aliphatic carbocycles.